The van der Waals surface area contributed by atoms with Crippen molar-refractivity contribution in [1.82, 2.24) is 9.72 Å². The number of aryl methyl sites for hydroxylation is 1. The van der Waals surface area contributed by atoms with Gasteiger partial charge in [-0.3, -0.25) is 13.9 Å². The fourth-order valence-electron chi connectivity index (χ4n) is 2.08. The summed E-state index contributed by atoms with van der Waals surface area (Å²) in [6.45, 7) is 1.30. The number of allylic oxidation sites excluding steroid dienone is 2. The van der Waals surface area contributed by atoms with E-state index in [4.69, 9.17) is 5.73 Å². The van der Waals surface area contributed by atoms with Crippen molar-refractivity contribution >= 4 is 5.97 Å². The normalized spacial score (nSPS) is 25.6. The smallest absolute Gasteiger partial charge is 0.441 e. The minimum Gasteiger partial charge on any atom is -0.468 e. The van der Waals surface area contributed by atoms with E-state index >= 15 is 0 Å². The summed E-state index contributed by atoms with van der Waals surface area (Å²) in [6, 6.07) is 0. The monoisotopic (exact) mass is 285 g/mol. The number of carbonyl (C=O) groups excluding carboxylic acids is 1. The van der Waals surface area contributed by atoms with Crippen LogP contribution < -0.4 is 11.5 Å². The molecule has 110 valence electrons. The van der Waals surface area contributed by atoms with Crippen LogP contribution in [0.3, 0.4) is 0 Å². The Morgan fingerprint density at radius 1 is 1.75 bits per heavy atom. The number of hydrogen-bond acceptors (Lipinski definition) is 6. The molecule has 2 N–H and O–H groups in total. The molecule has 1 heterocycles. The van der Waals surface area contributed by atoms with E-state index in [9.17, 15) is 14.0 Å². The fourth-order valence-corrected chi connectivity index (χ4v) is 2.08. The number of nitrogens with two attached hydrogens (primary N) is 1. The van der Waals surface area contributed by atoms with Crippen molar-refractivity contribution in [2.24, 2.45) is 11.7 Å². The fraction of sp³-hybridized carbons (Fsp3) is 0.583. The molecule has 8 heteroatoms. The van der Waals surface area contributed by atoms with E-state index in [1.807, 2.05) is 0 Å². The first-order valence-electron chi connectivity index (χ1n) is 6.13. The third-order valence-corrected chi connectivity index (χ3v) is 3.52. The first-order valence-corrected chi connectivity index (χ1v) is 6.13. The first-order chi connectivity index (χ1) is 9.38. The molecule has 0 bridgehead atoms. The Morgan fingerprint density at radius 3 is 3.00 bits per heavy atom. The Morgan fingerprint density at radius 2 is 2.45 bits per heavy atom. The Balaban J connectivity index is 1.94. The summed E-state index contributed by atoms with van der Waals surface area (Å²) < 4.78 is 23.8. The van der Waals surface area contributed by atoms with Gasteiger partial charge in [-0.05, 0) is 25.7 Å². The lowest BCUT2D eigenvalue weighted by Crippen LogP contribution is -2.36. The van der Waals surface area contributed by atoms with E-state index in [1.165, 1.54) is 13.2 Å². The molecule has 1 aliphatic carbocycles. The number of nitrogens with zero attached hydrogens (tertiary/aromatic N) is 2. The largest absolute Gasteiger partial charge is 0.468 e. The molecule has 20 heavy (non-hydrogen) atoms. The summed E-state index contributed by atoms with van der Waals surface area (Å²) in [4.78, 5) is 22.6. The van der Waals surface area contributed by atoms with Crippen molar-refractivity contribution < 1.29 is 18.4 Å². The second-order valence-electron chi connectivity index (χ2n) is 4.90. The summed E-state index contributed by atoms with van der Waals surface area (Å²) >= 11 is 0. The van der Waals surface area contributed by atoms with Gasteiger partial charge in [0.1, 0.15) is 11.4 Å². The molecule has 0 aromatic carbocycles. The highest BCUT2D eigenvalue weighted by atomic mass is 19.1. The van der Waals surface area contributed by atoms with Gasteiger partial charge < -0.3 is 10.5 Å². The van der Waals surface area contributed by atoms with Gasteiger partial charge in [0, 0.05) is 0 Å². The van der Waals surface area contributed by atoms with Crippen LogP contribution in [-0.2, 0) is 16.1 Å². The van der Waals surface area contributed by atoms with Gasteiger partial charge in [-0.15, -0.1) is 0 Å². The van der Waals surface area contributed by atoms with E-state index in [1.54, 1.807) is 6.92 Å². The standard InChI is InChI=1S/C12H16FN3O4/c1-7-15-20-11(18)16(7)6-9(13)4-3-8-5-12(8,14)10(17)19-2/h4,8H,3,5-6,14H2,1-2H3/b9-4+. The summed E-state index contributed by atoms with van der Waals surface area (Å²) in [7, 11) is 1.27. The Hall–Kier alpha value is -1.96. The average Bonchev–Trinajstić information content (AvgIpc) is 3.00. The number of rotatable bonds is 5. The summed E-state index contributed by atoms with van der Waals surface area (Å²) in [5, 5.41) is 3.43. The van der Waals surface area contributed by atoms with E-state index in [0.29, 0.717) is 18.7 Å². The molecular weight excluding hydrogens is 269 g/mol. The Bertz CT molecular complexity index is 606. The van der Waals surface area contributed by atoms with E-state index in [2.05, 4.69) is 14.4 Å². The number of esters is 1. The second-order valence-corrected chi connectivity index (χ2v) is 4.90. The van der Waals surface area contributed by atoms with Crippen molar-refractivity contribution in [3.05, 3.63) is 28.3 Å². The van der Waals surface area contributed by atoms with E-state index < -0.39 is 23.1 Å². The molecule has 2 atom stereocenters. The Labute approximate surface area is 114 Å². The van der Waals surface area contributed by atoms with Gasteiger partial charge in [-0.25, -0.2) is 9.18 Å². The number of methoxy groups -OCH3 is 1. The molecule has 7 nitrogen and oxygen atoms in total. The number of halogens is 1. The molecule has 1 fully saturated rings. The van der Waals surface area contributed by atoms with Crippen molar-refractivity contribution in [3.8, 4) is 0 Å². The van der Waals surface area contributed by atoms with Crippen LogP contribution in [0.2, 0.25) is 0 Å². The maximum Gasteiger partial charge on any atom is 0.441 e. The molecule has 0 amide bonds. The Kier molecular flexibility index (Phi) is 3.76. The zero-order valence-corrected chi connectivity index (χ0v) is 11.3. The topological polar surface area (TPSA) is 100 Å². The van der Waals surface area contributed by atoms with Crippen LogP contribution in [0.5, 0.6) is 0 Å². The molecule has 1 aromatic heterocycles. The summed E-state index contributed by atoms with van der Waals surface area (Å²) in [6.07, 6.45) is 2.10. The minimum absolute atomic E-state index is 0.138. The van der Waals surface area contributed by atoms with Gasteiger partial charge in [0.05, 0.1) is 13.7 Å². The minimum atomic E-state index is -1.00. The van der Waals surface area contributed by atoms with Gasteiger partial charge in [0.25, 0.3) is 0 Å². The van der Waals surface area contributed by atoms with Crippen LogP contribution in [0, 0.1) is 12.8 Å². The highest BCUT2D eigenvalue weighted by Crippen LogP contribution is 2.44. The maximum atomic E-state index is 13.7. The molecule has 0 radical (unpaired) electrons. The van der Waals surface area contributed by atoms with Crippen molar-refractivity contribution in [1.29, 1.82) is 0 Å². The molecule has 0 spiro atoms. The molecule has 0 aliphatic heterocycles. The second kappa shape index (κ2) is 5.20. The van der Waals surface area contributed by atoms with E-state index in [-0.39, 0.29) is 12.5 Å². The van der Waals surface area contributed by atoms with Crippen molar-refractivity contribution in [3.63, 3.8) is 0 Å². The lowest BCUT2D eigenvalue weighted by molar-refractivity contribution is -0.143. The van der Waals surface area contributed by atoms with Crippen LogP contribution >= 0.6 is 0 Å². The lowest BCUT2D eigenvalue weighted by Gasteiger charge is -2.07. The van der Waals surface area contributed by atoms with Gasteiger partial charge in [-0.2, -0.15) is 0 Å². The molecule has 0 saturated heterocycles. The molecule has 1 saturated carbocycles. The maximum absolute atomic E-state index is 13.7. The number of hydrogen-bond donors (Lipinski definition) is 1. The van der Waals surface area contributed by atoms with Gasteiger partial charge in [0.2, 0.25) is 0 Å². The van der Waals surface area contributed by atoms with Gasteiger partial charge >= 0.3 is 11.7 Å². The zero-order valence-electron chi connectivity index (χ0n) is 11.3. The molecule has 1 aromatic rings. The predicted octanol–water partition coefficient (Wildman–Crippen LogP) is 0.279. The lowest BCUT2D eigenvalue weighted by atomic mass is 10.1. The predicted molar refractivity (Wildman–Crippen MR) is 66.3 cm³/mol. The van der Waals surface area contributed by atoms with Crippen LogP contribution in [0.15, 0.2) is 21.2 Å². The quantitative estimate of drug-likeness (QED) is 0.780. The summed E-state index contributed by atoms with van der Waals surface area (Å²) in [5.74, 6) is -1.53. The van der Waals surface area contributed by atoms with E-state index in [0.717, 1.165) is 4.57 Å². The third kappa shape index (κ3) is 2.64. The highest BCUT2D eigenvalue weighted by molar-refractivity contribution is 5.84. The molecule has 2 rings (SSSR count). The molecular formula is C12H16FN3O4. The van der Waals surface area contributed by atoms with Crippen molar-refractivity contribution in [2.45, 2.75) is 31.8 Å². The van der Waals surface area contributed by atoms with Gasteiger partial charge in [0.15, 0.2) is 5.82 Å². The number of aromatic nitrogens is 2. The zero-order chi connectivity index (χ0) is 14.9. The molecule has 2 unspecified atom stereocenters. The first kappa shape index (κ1) is 14.4. The van der Waals surface area contributed by atoms with Crippen molar-refractivity contribution in [2.75, 3.05) is 7.11 Å². The van der Waals surface area contributed by atoms with Crippen LogP contribution in [0.1, 0.15) is 18.7 Å². The molecule has 1 aliphatic rings. The van der Waals surface area contributed by atoms with Gasteiger partial charge in [-0.1, -0.05) is 11.2 Å². The third-order valence-electron chi connectivity index (χ3n) is 3.52. The summed E-state index contributed by atoms with van der Waals surface area (Å²) in [5.41, 5.74) is 4.80. The average molecular weight is 285 g/mol. The van der Waals surface area contributed by atoms with Crippen LogP contribution in [0.4, 0.5) is 4.39 Å². The SMILES string of the molecule is COC(=O)C1(N)CC1C/C=C(/F)Cn1c(C)noc1=O. The number of ether oxygens (including phenoxy) is 1. The van der Waals surface area contributed by atoms with Crippen LogP contribution in [-0.4, -0.2) is 28.3 Å². The van der Waals surface area contributed by atoms with Crippen LogP contribution in [0.25, 0.3) is 0 Å². The number of carbonyl (C=O) groups is 1. The highest BCUT2D eigenvalue weighted by Gasteiger charge is 2.57.